The molecule has 0 saturated heterocycles. The van der Waals surface area contributed by atoms with Gasteiger partial charge in [-0.3, -0.25) is 9.59 Å². The second kappa shape index (κ2) is 8.18. The number of rotatable bonds is 5. The minimum atomic E-state index is -0.0330. The fraction of sp³-hybridized carbons (Fsp3) is 0.529. The molecule has 0 spiro atoms. The largest absolute Gasteiger partial charge is 0.326 e. The summed E-state index contributed by atoms with van der Waals surface area (Å²) in [4.78, 5) is 23.9. The third kappa shape index (κ3) is 4.73. The normalized spacial score (nSPS) is 15.4. The Labute approximate surface area is 136 Å². The second-order valence-corrected chi connectivity index (χ2v) is 6.22. The molecule has 0 aliphatic heterocycles. The van der Waals surface area contributed by atoms with Crippen LogP contribution in [0.2, 0.25) is 5.02 Å². The SMILES string of the molecule is CCCC(=O)Nc1ccc(Cl)c(NC(=O)C2CCCCC2)c1. The van der Waals surface area contributed by atoms with Crippen molar-refractivity contribution >= 4 is 34.8 Å². The summed E-state index contributed by atoms with van der Waals surface area (Å²) in [5.41, 5.74) is 1.22. The number of hydrogen-bond donors (Lipinski definition) is 2. The number of carbonyl (C=O) groups is 2. The Hall–Kier alpha value is -1.55. The van der Waals surface area contributed by atoms with Crippen molar-refractivity contribution in [3.63, 3.8) is 0 Å². The molecule has 1 fully saturated rings. The van der Waals surface area contributed by atoms with Crippen LogP contribution in [0.3, 0.4) is 0 Å². The number of amides is 2. The topological polar surface area (TPSA) is 58.2 Å². The zero-order valence-electron chi connectivity index (χ0n) is 13.0. The lowest BCUT2D eigenvalue weighted by atomic mass is 9.88. The van der Waals surface area contributed by atoms with Crippen LogP contribution < -0.4 is 10.6 Å². The van der Waals surface area contributed by atoms with E-state index in [9.17, 15) is 9.59 Å². The van der Waals surface area contributed by atoms with E-state index in [0.717, 1.165) is 32.1 Å². The highest BCUT2D eigenvalue weighted by Gasteiger charge is 2.21. The van der Waals surface area contributed by atoms with Crippen molar-refractivity contribution in [1.82, 2.24) is 0 Å². The predicted molar refractivity (Wildman–Crippen MR) is 90.2 cm³/mol. The molecule has 1 aliphatic carbocycles. The van der Waals surface area contributed by atoms with Gasteiger partial charge < -0.3 is 10.6 Å². The molecular formula is C17H23ClN2O2. The summed E-state index contributed by atoms with van der Waals surface area (Å²) < 4.78 is 0. The van der Waals surface area contributed by atoms with E-state index in [-0.39, 0.29) is 17.7 Å². The Morgan fingerprint density at radius 3 is 2.59 bits per heavy atom. The molecule has 0 unspecified atom stereocenters. The van der Waals surface area contributed by atoms with Gasteiger partial charge in [0.15, 0.2) is 0 Å². The van der Waals surface area contributed by atoms with Crippen molar-refractivity contribution < 1.29 is 9.59 Å². The second-order valence-electron chi connectivity index (χ2n) is 5.82. The molecule has 1 aromatic rings. The lowest BCUT2D eigenvalue weighted by Gasteiger charge is -2.21. The van der Waals surface area contributed by atoms with Crippen molar-refractivity contribution in [3.8, 4) is 0 Å². The van der Waals surface area contributed by atoms with Crippen LogP contribution in [0.4, 0.5) is 11.4 Å². The molecular weight excluding hydrogens is 300 g/mol. The summed E-state index contributed by atoms with van der Waals surface area (Å²) >= 11 is 6.15. The fourth-order valence-corrected chi connectivity index (χ4v) is 2.91. The maximum absolute atomic E-state index is 12.3. The summed E-state index contributed by atoms with van der Waals surface area (Å²) in [7, 11) is 0. The van der Waals surface area contributed by atoms with Gasteiger partial charge in [-0.25, -0.2) is 0 Å². The van der Waals surface area contributed by atoms with Gasteiger partial charge in [-0.2, -0.15) is 0 Å². The maximum Gasteiger partial charge on any atom is 0.227 e. The van der Waals surface area contributed by atoms with Crippen molar-refractivity contribution in [1.29, 1.82) is 0 Å². The van der Waals surface area contributed by atoms with Gasteiger partial charge in [-0.05, 0) is 37.5 Å². The van der Waals surface area contributed by atoms with Crippen molar-refractivity contribution in [2.24, 2.45) is 5.92 Å². The molecule has 2 amide bonds. The first-order chi connectivity index (χ1) is 10.6. The molecule has 1 saturated carbocycles. The quantitative estimate of drug-likeness (QED) is 0.832. The van der Waals surface area contributed by atoms with Crippen LogP contribution >= 0.6 is 11.6 Å². The van der Waals surface area contributed by atoms with Crippen molar-refractivity contribution in [3.05, 3.63) is 23.2 Å². The molecule has 120 valence electrons. The highest BCUT2D eigenvalue weighted by molar-refractivity contribution is 6.33. The Bertz CT molecular complexity index is 539. The Kier molecular flexibility index (Phi) is 6.25. The van der Waals surface area contributed by atoms with Gasteiger partial charge in [-0.15, -0.1) is 0 Å². The molecule has 0 aromatic heterocycles. The molecule has 5 heteroatoms. The third-order valence-electron chi connectivity index (χ3n) is 3.96. The number of carbonyl (C=O) groups excluding carboxylic acids is 2. The van der Waals surface area contributed by atoms with Crippen LogP contribution in [0.25, 0.3) is 0 Å². The highest BCUT2D eigenvalue weighted by Crippen LogP contribution is 2.29. The van der Waals surface area contributed by atoms with E-state index in [4.69, 9.17) is 11.6 Å². The smallest absolute Gasteiger partial charge is 0.227 e. The Balaban J connectivity index is 2.02. The van der Waals surface area contributed by atoms with Gasteiger partial charge in [0.05, 0.1) is 10.7 Å². The van der Waals surface area contributed by atoms with E-state index in [1.54, 1.807) is 18.2 Å². The third-order valence-corrected chi connectivity index (χ3v) is 4.29. The standard InChI is InChI=1S/C17H23ClN2O2/c1-2-6-16(21)19-13-9-10-14(18)15(11-13)20-17(22)12-7-4-3-5-8-12/h9-12H,2-8H2,1H3,(H,19,21)(H,20,22). The van der Waals surface area contributed by atoms with Gasteiger partial charge >= 0.3 is 0 Å². The first-order valence-corrected chi connectivity index (χ1v) is 8.38. The lowest BCUT2D eigenvalue weighted by molar-refractivity contribution is -0.120. The predicted octanol–water partition coefficient (Wildman–Crippen LogP) is 4.60. The number of anilines is 2. The first kappa shape index (κ1) is 16.8. The van der Waals surface area contributed by atoms with Crippen LogP contribution in [0.5, 0.6) is 0 Å². The molecule has 0 bridgehead atoms. The molecule has 2 N–H and O–H groups in total. The van der Waals surface area contributed by atoms with Crippen molar-refractivity contribution in [2.75, 3.05) is 10.6 Å². The minimum absolute atomic E-state index is 0.0265. The number of benzene rings is 1. The average Bonchev–Trinajstić information content (AvgIpc) is 2.51. The van der Waals surface area contributed by atoms with Gasteiger partial charge in [0.1, 0.15) is 0 Å². The van der Waals surface area contributed by atoms with E-state index in [2.05, 4.69) is 10.6 Å². The van der Waals surface area contributed by atoms with Crippen LogP contribution in [0.1, 0.15) is 51.9 Å². The Morgan fingerprint density at radius 1 is 1.18 bits per heavy atom. The number of nitrogens with one attached hydrogen (secondary N) is 2. The summed E-state index contributed by atoms with van der Waals surface area (Å²) in [6.07, 6.45) is 6.59. The fourth-order valence-electron chi connectivity index (χ4n) is 2.75. The molecule has 1 aromatic carbocycles. The van der Waals surface area contributed by atoms with Gasteiger partial charge in [0.2, 0.25) is 11.8 Å². The van der Waals surface area contributed by atoms with Gasteiger partial charge in [0, 0.05) is 18.0 Å². The molecule has 1 aliphatic rings. The number of halogens is 1. The summed E-state index contributed by atoms with van der Waals surface area (Å²) in [6, 6.07) is 5.16. The summed E-state index contributed by atoms with van der Waals surface area (Å²) in [6.45, 7) is 1.96. The zero-order valence-corrected chi connectivity index (χ0v) is 13.7. The first-order valence-electron chi connectivity index (χ1n) is 8.00. The molecule has 22 heavy (non-hydrogen) atoms. The van der Waals surface area contributed by atoms with Crippen LogP contribution in [-0.2, 0) is 9.59 Å². The highest BCUT2D eigenvalue weighted by atomic mass is 35.5. The molecule has 0 heterocycles. The van der Waals surface area contributed by atoms with Gasteiger partial charge in [0.25, 0.3) is 0 Å². The minimum Gasteiger partial charge on any atom is -0.326 e. The maximum atomic E-state index is 12.3. The monoisotopic (exact) mass is 322 g/mol. The molecule has 4 nitrogen and oxygen atoms in total. The summed E-state index contributed by atoms with van der Waals surface area (Å²) in [5.74, 6) is 0.0659. The van der Waals surface area contributed by atoms with E-state index >= 15 is 0 Å². The lowest BCUT2D eigenvalue weighted by Crippen LogP contribution is -2.25. The molecule has 0 radical (unpaired) electrons. The van der Waals surface area contributed by atoms with Crippen LogP contribution in [0, 0.1) is 5.92 Å². The van der Waals surface area contributed by atoms with Crippen LogP contribution in [0.15, 0.2) is 18.2 Å². The zero-order chi connectivity index (χ0) is 15.9. The Morgan fingerprint density at radius 2 is 1.91 bits per heavy atom. The van der Waals surface area contributed by atoms with E-state index < -0.39 is 0 Å². The van der Waals surface area contributed by atoms with Gasteiger partial charge in [-0.1, -0.05) is 37.8 Å². The van der Waals surface area contributed by atoms with Crippen molar-refractivity contribution in [2.45, 2.75) is 51.9 Å². The van der Waals surface area contributed by atoms with Crippen LogP contribution in [-0.4, -0.2) is 11.8 Å². The van der Waals surface area contributed by atoms with E-state index in [1.807, 2.05) is 6.92 Å². The summed E-state index contributed by atoms with van der Waals surface area (Å²) in [5, 5.41) is 6.20. The number of hydrogen-bond acceptors (Lipinski definition) is 2. The molecule has 2 rings (SSSR count). The molecule has 0 atom stereocenters. The van der Waals surface area contributed by atoms with E-state index in [1.165, 1.54) is 6.42 Å². The van der Waals surface area contributed by atoms with E-state index in [0.29, 0.717) is 22.8 Å². The average molecular weight is 323 g/mol.